The largest absolute Gasteiger partial charge is 0.381 e. The van der Waals surface area contributed by atoms with E-state index in [9.17, 15) is 0 Å². The van der Waals surface area contributed by atoms with E-state index in [-0.39, 0.29) is 0 Å². The molecule has 1 aromatic rings. The number of anilines is 1. The van der Waals surface area contributed by atoms with E-state index < -0.39 is 0 Å². The Morgan fingerprint density at radius 1 is 1.42 bits per heavy atom. The van der Waals surface area contributed by atoms with Crippen LogP contribution in [0.1, 0.15) is 19.8 Å². The van der Waals surface area contributed by atoms with Gasteiger partial charge in [0.15, 0.2) is 5.96 Å². The Balaban J connectivity index is 1.54. The molecule has 5 nitrogen and oxygen atoms in total. The van der Waals surface area contributed by atoms with Crippen LogP contribution in [0.5, 0.6) is 0 Å². The Labute approximate surface area is 149 Å². The van der Waals surface area contributed by atoms with Crippen molar-refractivity contribution in [2.24, 2.45) is 10.9 Å². The van der Waals surface area contributed by atoms with Gasteiger partial charge >= 0.3 is 0 Å². The molecule has 2 heterocycles. The molecule has 2 saturated heterocycles. The molecule has 2 aliphatic heterocycles. The van der Waals surface area contributed by atoms with E-state index in [1.54, 1.807) is 0 Å². The van der Waals surface area contributed by atoms with Gasteiger partial charge in [-0.3, -0.25) is 4.99 Å². The van der Waals surface area contributed by atoms with Crippen molar-refractivity contribution < 1.29 is 4.74 Å². The molecule has 2 unspecified atom stereocenters. The second kappa shape index (κ2) is 8.58. The first kappa shape index (κ1) is 17.4. The smallest absolute Gasteiger partial charge is 0.191 e. The van der Waals surface area contributed by atoms with Crippen molar-refractivity contribution in [3.8, 4) is 0 Å². The van der Waals surface area contributed by atoms with Gasteiger partial charge in [-0.2, -0.15) is 0 Å². The summed E-state index contributed by atoms with van der Waals surface area (Å²) in [7, 11) is 0. The number of rotatable bonds is 5. The maximum absolute atomic E-state index is 6.11. The summed E-state index contributed by atoms with van der Waals surface area (Å²) < 4.78 is 5.43. The first-order valence-corrected chi connectivity index (χ1v) is 9.25. The second-order valence-corrected chi connectivity index (χ2v) is 6.94. The molecule has 0 bridgehead atoms. The van der Waals surface area contributed by atoms with Gasteiger partial charge in [0.1, 0.15) is 0 Å². The Morgan fingerprint density at radius 2 is 2.33 bits per heavy atom. The monoisotopic (exact) mass is 350 g/mol. The highest BCUT2D eigenvalue weighted by molar-refractivity contribution is 6.30. The number of ether oxygens (including phenoxy) is 1. The van der Waals surface area contributed by atoms with Crippen LogP contribution in [0.3, 0.4) is 0 Å². The fourth-order valence-electron chi connectivity index (χ4n) is 3.25. The van der Waals surface area contributed by atoms with Crippen LogP contribution in [-0.4, -0.2) is 51.4 Å². The van der Waals surface area contributed by atoms with Crippen molar-refractivity contribution in [2.45, 2.75) is 25.8 Å². The summed E-state index contributed by atoms with van der Waals surface area (Å²) >= 11 is 6.11. The van der Waals surface area contributed by atoms with Crippen LogP contribution in [0.15, 0.2) is 29.3 Å². The van der Waals surface area contributed by atoms with E-state index >= 15 is 0 Å². The van der Waals surface area contributed by atoms with E-state index in [0.29, 0.717) is 12.0 Å². The Bertz CT molecular complexity index is 560. The highest BCUT2D eigenvalue weighted by Crippen LogP contribution is 2.23. The van der Waals surface area contributed by atoms with E-state index in [1.165, 1.54) is 5.69 Å². The number of hydrogen-bond donors (Lipinski definition) is 2. The molecule has 2 N–H and O–H groups in total. The molecule has 0 saturated carbocycles. The minimum atomic E-state index is 0.404. The van der Waals surface area contributed by atoms with Gasteiger partial charge in [-0.15, -0.1) is 0 Å². The normalized spacial score (nSPS) is 24.4. The van der Waals surface area contributed by atoms with Gasteiger partial charge in [-0.1, -0.05) is 17.7 Å². The van der Waals surface area contributed by atoms with Crippen LogP contribution in [-0.2, 0) is 4.74 Å². The van der Waals surface area contributed by atoms with Crippen LogP contribution < -0.4 is 15.5 Å². The van der Waals surface area contributed by atoms with Crippen molar-refractivity contribution in [3.05, 3.63) is 29.3 Å². The minimum absolute atomic E-state index is 0.404. The molecule has 24 heavy (non-hydrogen) atoms. The third-order valence-electron chi connectivity index (χ3n) is 4.58. The lowest BCUT2D eigenvalue weighted by molar-refractivity contribution is 0.187. The van der Waals surface area contributed by atoms with E-state index in [2.05, 4.69) is 28.5 Å². The molecular formula is C18H27ClN4O. The van der Waals surface area contributed by atoms with Crippen molar-refractivity contribution in [1.29, 1.82) is 0 Å². The number of guanidine groups is 1. The first-order valence-electron chi connectivity index (χ1n) is 8.87. The fraction of sp³-hybridized carbons (Fsp3) is 0.611. The fourth-order valence-corrected chi connectivity index (χ4v) is 3.43. The van der Waals surface area contributed by atoms with Gasteiger partial charge in [-0.25, -0.2) is 0 Å². The quantitative estimate of drug-likeness (QED) is 0.633. The molecule has 3 rings (SSSR count). The Morgan fingerprint density at radius 3 is 3.08 bits per heavy atom. The second-order valence-electron chi connectivity index (χ2n) is 6.51. The minimum Gasteiger partial charge on any atom is -0.381 e. The van der Waals surface area contributed by atoms with Gasteiger partial charge in [0, 0.05) is 55.5 Å². The highest BCUT2D eigenvalue weighted by Gasteiger charge is 2.24. The SMILES string of the molecule is CCNC(=NCC1CCOC1)NC1CCN(c2cccc(Cl)c2)C1. The van der Waals surface area contributed by atoms with Crippen LogP contribution in [0.4, 0.5) is 5.69 Å². The molecule has 1 aromatic carbocycles. The summed E-state index contributed by atoms with van der Waals surface area (Å²) in [5, 5.41) is 7.72. The van der Waals surface area contributed by atoms with Crippen molar-refractivity contribution in [3.63, 3.8) is 0 Å². The standard InChI is InChI=1S/C18H27ClN4O/c1-2-20-18(21-11-14-7-9-24-13-14)22-16-6-8-23(12-16)17-5-3-4-15(19)10-17/h3-5,10,14,16H,2,6-9,11-13H2,1H3,(H2,20,21,22). The molecule has 0 radical (unpaired) electrons. The maximum Gasteiger partial charge on any atom is 0.191 e. The van der Waals surface area contributed by atoms with Gasteiger partial charge in [0.25, 0.3) is 0 Å². The zero-order valence-corrected chi connectivity index (χ0v) is 15.1. The molecule has 6 heteroatoms. The Kier molecular flexibility index (Phi) is 6.21. The van der Waals surface area contributed by atoms with E-state index in [4.69, 9.17) is 21.3 Å². The van der Waals surface area contributed by atoms with Gasteiger partial charge in [0.2, 0.25) is 0 Å². The number of halogens is 1. The lowest BCUT2D eigenvalue weighted by Gasteiger charge is -2.20. The lowest BCUT2D eigenvalue weighted by atomic mass is 10.1. The molecule has 0 spiro atoms. The third-order valence-corrected chi connectivity index (χ3v) is 4.81. The summed E-state index contributed by atoms with van der Waals surface area (Å²) in [6.45, 7) is 7.53. The molecule has 2 fully saturated rings. The number of nitrogens with zero attached hydrogens (tertiary/aromatic N) is 2. The van der Waals surface area contributed by atoms with Crippen molar-refractivity contribution in [2.75, 3.05) is 44.3 Å². The topological polar surface area (TPSA) is 48.9 Å². The highest BCUT2D eigenvalue weighted by atomic mass is 35.5. The molecule has 2 atom stereocenters. The summed E-state index contributed by atoms with van der Waals surface area (Å²) in [5.74, 6) is 1.48. The number of hydrogen-bond acceptors (Lipinski definition) is 3. The molecule has 0 aromatic heterocycles. The lowest BCUT2D eigenvalue weighted by Crippen LogP contribution is -2.44. The van der Waals surface area contributed by atoms with E-state index in [0.717, 1.165) is 63.2 Å². The zero-order chi connectivity index (χ0) is 16.8. The summed E-state index contributed by atoms with van der Waals surface area (Å²) in [6.07, 6.45) is 2.22. The zero-order valence-electron chi connectivity index (χ0n) is 14.3. The maximum atomic E-state index is 6.11. The Hall–Kier alpha value is -1.46. The molecular weight excluding hydrogens is 324 g/mol. The van der Waals surface area contributed by atoms with Crippen LogP contribution in [0.25, 0.3) is 0 Å². The molecule has 0 aliphatic carbocycles. The average Bonchev–Trinajstić information content (AvgIpc) is 3.25. The molecule has 0 amide bonds. The number of benzene rings is 1. The predicted octanol–water partition coefficient (Wildman–Crippen LogP) is 2.51. The van der Waals surface area contributed by atoms with Crippen molar-refractivity contribution >= 4 is 23.2 Å². The first-order chi connectivity index (χ1) is 11.7. The summed E-state index contributed by atoms with van der Waals surface area (Å²) in [4.78, 5) is 7.12. The van der Waals surface area contributed by atoms with Gasteiger partial charge < -0.3 is 20.3 Å². The number of aliphatic imine (C=N–C) groups is 1. The average molecular weight is 351 g/mol. The number of nitrogens with one attached hydrogen (secondary N) is 2. The van der Waals surface area contributed by atoms with Crippen LogP contribution >= 0.6 is 11.6 Å². The third kappa shape index (κ3) is 4.77. The van der Waals surface area contributed by atoms with E-state index in [1.807, 2.05) is 18.2 Å². The predicted molar refractivity (Wildman–Crippen MR) is 100 cm³/mol. The van der Waals surface area contributed by atoms with Gasteiger partial charge in [0.05, 0.1) is 6.61 Å². The van der Waals surface area contributed by atoms with Gasteiger partial charge in [-0.05, 0) is 38.0 Å². The molecule has 2 aliphatic rings. The van der Waals surface area contributed by atoms with Crippen LogP contribution in [0, 0.1) is 5.92 Å². The summed E-state index contributed by atoms with van der Waals surface area (Å²) in [6, 6.07) is 8.48. The molecule has 132 valence electrons. The summed E-state index contributed by atoms with van der Waals surface area (Å²) in [5.41, 5.74) is 1.19. The van der Waals surface area contributed by atoms with Crippen LogP contribution in [0.2, 0.25) is 5.02 Å². The van der Waals surface area contributed by atoms with Crippen molar-refractivity contribution in [1.82, 2.24) is 10.6 Å².